The first kappa shape index (κ1) is 11.9. The van der Waals surface area contributed by atoms with Gasteiger partial charge in [-0.3, -0.25) is 9.69 Å². The Morgan fingerprint density at radius 3 is 3.06 bits per heavy atom. The summed E-state index contributed by atoms with van der Waals surface area (Å²) >= 11 is 1.32. The minimum atomic E-state index is 0.102. The fourth-order valence-electron chi connectivity index (χ4n) is 2.54. The maximum absolute atomic E-state index is 11.6. The average Bonchev–Trinajstić information content (AvgIpc) is 2.85. The molecular weight excluding hydrogens is 246 g/mol. The number of aryl methyl sites for hydroxylation is 1. The van der Waals surface area contributed by atoms with Crippen molar-refractivity contribution in [2.24, 2.45) is 12.8 Å². The molecule has 0 spiro atoms. The minimum Gasteiger partial charge on any atom is -0.326 e. The van der Waals surface area contributed by atoms with Gasteiger partial charge in [-0.2, -0.15) is 0 Å². The largest absolute Gasteiger partial charge is 0.326 e. The highest BCUT2D eigenvalue weighted by atomic mass is 32.1. The molecule has 1 atom stereocenters. The first-order valence-corrected chi connectivity index (χ1v) is 7.01. The molecule has 96 valence electrons. The molecule has 1 saturated heterocycles. The fraction of sp³-hybridized carbons (Fsp3) is 0.462. The van der Waals surface area contributed by atoms with Gasteiger partial charge in [0.1, 0.15) is 0 Å². The van der Waals surface area contributed by atoms with Crippen LogP contribution >= 0.6 is 11.3 Å². The van der Waals surface area contributed by atoms with E-state index in [1.807, 2.05) is 13.1 Å². The number of hydrogen-bond acceptors (Lipinski definition) is 4. The van der Waals surface area contributed by atoms with E-state index < -0.39 is 0 Å². The van der Waals surface area contributed by atoms with Gasteiger partial charge in [-0.05, 0) is 24.1 Å². The number of hydrogen-bond donors (Lipinski definition) is 1. The van der Waals surface area contributed by atoms with Crippen molar-refractivity contribution in [3.8, 4) is 0 Å². The van der Waals surface area contributed by atoms with Gasteiger partial charge in [-0.25, -0.2) is 0 Å². The third-order valence-electron chi connectivity index (χ3n) is 3.57. The summed E-state index contributed by atoms with van der Waals surface area (Å²) in [7, 11) is 1.82. The normalized spacial score (nSPS) is 20.9. The predicted octanol–water partition coefficient (Wildman–Crippen LogP) is 1.13. The van der Waals surface area contributed by atoms with Crippen LogP contribution in [0.4, 0.5) is 0 Å². The molecule has 4 nitrogen and oxygen atoms in total. The first-order chi connectivity index (χ1) is 8.63. The average molecular weight is 263 g/mol. The summed E-state index contributed by atoms with van der Waals surface area (Å²) in [5, 5.41) is 0. The van der Waals surface area contributed by atoms with Gasteiger partial charge < -0.3 is 10.3 Å². The highest BCUT2D eigenvalue weighted by Crippen LogP contribution is 2.20. The Kier molecular flexibility index (Phi) is 2.97. The van der Waals surface area contributed by atoms with Crippen molar-refractivity contribution >= 4 is 21.6 Å². The zero-order chi connectivity index (χ0) is 12.7. The van der Waals surface area contributed by atoms with Crippen molar-refractivity contribution in [2.45, 2.75) is 19.0 Å². The SMILES string of the molecule is Cn1c(=O)sc2cc(CN3CCC(N)C3)ccc21. The summed E-state index contributed by atoms with van der Waals surface area (Å²) in [6, 6.07) is 6.60. The molecular formula is C13H17N3OS. The Bertz CT molecular complexity index is 631. The predicted molar refractivity (Wildman–Crippen MR) is 74.9 cm³/mol. The van der Waals surface area contributed by atoms with E-state index in [0.717, 1.165) is 36.3 Å². The Labute approximate surface area is 110 Å². The monoisotopic (exact) mass is 263 g/mol. The maximum atomic E-state index is 11.6. The summed E-state index contributed by atoms with van der Waals surface area (Å²) in [4.78, 5) is 14.1. The van der Waals surface area contributed by atoms with Crippen molar-refractivity contribution in [1.82, 2.24) is 9.47 Å². The number of likely N-dealkylation sites (tertiary alicyclic amines) is 1. The van der Waals surface area contributed by atoms with Crippen LogP contribution in [-0.4, -0.2) is 28.6 Å². The molecule has 2 heterocycles. The van der Waals surface area contributed by atoms with Crippen molar-refractivity contribution in [1.29, 1.82) is 0 Å². The number of nitrogens with zero attached hydrogens (tertiary/aromatic N) is 2. The molecule has 3 rings (SSSR count). The molecule has 0 aliphatic carbocycles. The van der Waals surface area contributed by atoms with Gasteiger partial charge in [0.2, 0.25) is 0 Å². The molecule has 1 aromatic heterocycles. The summed E-state index contributed by atoms with van der Waals surface area (Å²) in [6.45, 7) is 2.98. The summed E-state index contributed by atoms with van der Waals surface area (Å²) < 4.78 is 2.78. The fourth-order valence-corrected chi connectivity index (χ4v) is 3.48. The molecule has 1 aromatic carbocycles. The van der Waals surface area contributed by atoms with Gasteiger partial charge in [0.05, 0.1) is 10.2 Å². The molecule has 1 fully saturated rings. The number of fused-ring (bicyclic) bond motifs is 1. The third-order valence-corrected chi connectivity index (χ3v) is 4.57. The van der Waals surface area contributed by atoms with Crippen LogP contribution < -0.4 is 10.6 Å². The van der Waals surface area contributed by atoms with Crippen LogP contribution in [0.1, 0.15) is 12.0 Å². The first-order valence-electron chi connectivity index (χ1n) is 6.20. The highest BCUT2D eigenvalue weighted by molar-refractivity contribution is 7.16. The van der Waals surface area contributed by atoms with E-state index in [1.165, 1.54) is 16.9 Å². The van der Waals surface area contributed by atoms with Crippen LogP contribution in [0.2, 0.25) is 0 Å². The van der Waals surface area contributed by atoms with Crippen molar-refractivity contribution < 1.29 is 0 Å². The third kappa shape index (κ3) is 2.09. The summed E-state index contributed by atoms with van der Waals surface area (Å²) in [5.41, 5.74) is 8.19. The highest BCUT2D eigenvalue weighted by Gasteiger charge is 2.19. The van der Waals surface area contributed by atoms with E-state index in [9.17, 15) is 4.79 Å². The molecule has 5 heteroatoms. The Morgan fingerprint density at radius 1 is 1.50 bits per heavy atom. The molecule has 1 aliphatic heterocycles. The zero-order valence-electron chi connectivity index (χ0n) is 10.4. The van der Waals surface area contributed by atoms with E-state index in [1.54, 1.807) is 4.57 Å². The zero-order valence-corrected chi connectivity index (χ0v) is 11.2. The van der Waals surface area contributed by atoms with Gasteiger partial charge in [-0.15, -0.1) is 0 Å². The Morgan fingerprint density at radius 2 is 2.33 bits per heavy atom. The number of aromatic nitrogens is 1. The van der Waals surface area contributed by atoms with Crippen LogP contribution in [0.25, 0.3) is 10.2 Å². The molecule has 18 heavy (non-hydrogen) atoms. The van der Waals surface area contributed by atoms with E-state index >= 15 is 0 Å². The van der Waals surface area contributed by atoms with E-state index in [-0.39, 0.29) is 4.87 Å². The van der Waals surface area contributed by atoms with Gasteiger partial charge in [0.25, 0.3) is 0 Å². The Hall–Kier alpha value is -1.17. The molecule has 2 N–H and O–H groups in total. The summed E-state index contributed by atoms with van der Waals surface area (Å²) in [5.74, 6) is 0. The van der Waals surface area contributed by atoms with Crippen molar-refractivity contribution in [2.75, 3.05) is 13.1 Å². The molecule has 0 radical (unpaired) electrons. The lowest BCUT2D eigenvalue weighted by Crippen LogP contribution is -2.26. The van der Waals surface area contributed by atoms with Crippen LogP contribution in [0.5, 0.6) is 0 Å². The number of benzene rings is 1. The van der Waals surface area contributed by atoms with Gasteiger partial charge in [0, 0.05) is 32.7 Å². The molecule has 0 bridgehead atoms. The smallest absolute Gasteiger partial charge is 0.307 e. The summed E-state index contributed by atoms with van der Waals surface area (Å²) in [6.07, 6.45) is 1.08. The number of rotatable bonds is 2. The van der Waals surface area contributed by atoms with Gasteiger partial charge >= 0.3 is 4.87 Å². The second-order valence-electron chi connectivity index (χ2n) is 5.01. The topological polar surface area (TPSA) is 51.3 Å². The van der Waals surface area contributed by atoms with Crippen LogP contribution in [0.3, 0.4) is 0 Å². The molecule has 0 amide bonds. The lowest BCUT2D eigenvalue weighted by Gasteiger charge is -2.15. The number of nitrogens with two attached hydrogens (primary N) is 1. The van der Waals surface area contributed by atoms with E-state index in [2.05, 4.69) is 17.0 Å². The molecule has 1 aliphatic rings. The van der Waals surface area contributed by atoms with E-state index in [4.69, 9.17) is 5.73 Å². The minimum absolute atomic E-state index is 0.102. The van der Waals surface area contributed by atoms with Crippen LogP contribution in [-0.2, 0) is 13.6 Å². The van der Waals surface area contributed by atoms with Gasteiger partial charge in [-0.1, -0.05) is 17.4 Å². The maximum Gasteiger partial charge on any atom is 0.307 e. The van der Waals surface area contributed by atoms with Crippen molar-refractivity contribution in [3.63, 3.8) is 0 Å². The molecule has 0 saturated carbocycles. The van der Waals surface area contributed by atoms with Crippen LogP contribution in [0.15, 0.2) is 23.0 Å². The lowest BCUT2D eigenvalue weighted by molar-refractivity contribution is 0.327. The van der Waals surface area contributed by atoms with E-state index in [0.29, 0.717) is 6.04 Å². The van der Waals surface area contributed by atoms with Gasteiger partial charge in [0.15, 0.2) is 0 Å². The second-order valence-corrected chi connectivity index (χ2v) is 6.01. The van der Waals surface area contributed by atoms with Crippen LogP contribution in [0, 0.1) is 0 Å². The quantitative estimate of drug-likeness (QED) is 0.884. The second kappa shape index (κ2) is 4.50. The standard InChI is InChI=1S/C13H17N3OS/c1-15-11-3-2-9(6-12(11)18-13(15)17)7-16-5-4-10(14)8-16/h2-3,6,10H,4-5,7-8,14H2,1H3. The number of thiazole rings is 1. The van der Waals surface area contributed by atoms with Crippen molar-refractivity contribution in [3.05, 3.63) is 33.4 Å². The molecule has 1 unspecified atom stereocenters. The lowest BCUT2D eigenvalue weighted by atomic mass is 10.2. The molecule has 2 aromatic rings. The Balaban J connectivity index is 1.87.